The maximum atomic E-state index is 11.9. The van der Waals surface area contributed by atoms with Gasteiger partial charge in [0.2, 0.25) is 0 Å². The van der Waals surface area contributed by atoms with Gasteiger partial charge in [-0.25, -0.2) is 0 Å². The Morgan fingerprint density at radius 1 is 1.53 bits per heavy atom. The number of nitrogens with two attached hydrogens (primary N) is 1. The predicted molar refractivity (Wildman–Crippen MR) is 74.1 cm³/mol. The number of aromatic hydroxyl groups is 1. The summed E-state index contributed by atoms with van der Waals surface area (Å²) in [5.41, 5.74) is 5.08. The highest BCUT2D eigenvalue weighted by molar-refractivity contribution is 9.10. The lowest BCUT2D eigenvalue weighted by atomic mass is 10.0. The van der Waals surface area contributed by atoms with Crippen LogP contribution in [0.3, 0.4) is 0 Å². The second-order valence-electron chi connectivity index (χ2n) is 4.11. The Labute approximate surface area is 113 Å². The highest BCUT2D eigenvalue weighted by Gasteiger charge is 2.24. The van der Waals surface area contributed by atoms with E-state index in [-0.39, 0.29) is 16.6 Å². The van der Waals surface area contributed by atoms with Crippen LogP contribution in [0.1, 0.15) is 24.2 Å². The van der Waals surface area contributed by atoms with Crippen molar-refractivity contribution < 1.29 is 9.90 Å². The zero-order chi connectivity index (χ0) is 13.2. The fourth-order valence-electron chi connectivity index (χ4n) is 1.07. The van der Waals surface area contributed by atoms with Crippen LogP contribution in [0.4, 0.5) is 0 Å². The number of rotatable bonds is 3. The van der Waals surface area contributed by atoms with E-state index in [1.807, 2.05) is 0 Å². The average Bonchev–Trinajstić information content (AvgIpc) is 2.21. The van der Waals surface area contributed by atoms with Crippen LogP contribution in [-0.2, 0) is 0 Å². The first-order chi connectivity index (χ1) is 7.74. The first kappa shape index (κ1) is 13.9. The van der Waals surface area contributed by atoms with Crippen LogP contribution in [-0.4, -0.2) is 21.5 Å². The summed E-state index contributed by atoms with van der Waals surface area (Å²) in [6.45, 7) is 3.43. The number of thiocarbonyl (C=S) groups is 1. The minimum absolute atomic E-state index is 0.00535. The maximum absolute atomic E-state index is 11.9. The van der Waals surface area contributed by atoms with Crippen molar-refractivity contribution in [3.63, 3.8) is 0 Å². The van der Waals surface area contributed by atoms with Gasteiger partial charge in [0.25, 0.3) is 5.91 Å². The molecule has 0 radical (unpaired) electrons. The van der Waals surface area contributed by atoms with Crippen LogP contribution in [0, 0.1) is 0 Å². The second-order valence-corrected chi connectivity index (χ2v) is 5.40. The Hall–Kier alpha value is -1.14. The van der Waals surface area contributed by atoms with Gasteiger partial charge in [0.15, 0.2) is 0 Å². The van der Waals surface area contributed by atoms with Crippen molar-refractivity contribution in [1.82, 2.24) is 5.32 Å². The molecule has 6 heteroatoms. The smallest absolute Gasteiger partial charge is 0.252 e. The summed E-state index contributed by atoms with van der Waals surface area (Å²) in [5, 5.41) is 12.2. The molecule has 0 spiro atoms. The van der Waals surface area contributed by atoms with E-state index in [0.29, 0.717) is 10.0 Å². The van der Waals surface area contributed by atoms with Crippen LogP contribution in [0.5, 0.6) is 5.75 Å². The zero-order valence-corrected chi connectivity index (χ0v) is 11.9. The van der Waals surface area contributed by atoms with Crippen molar-refractivity contribution >= 4 is 39.0 Å². The lowest BCUT2D eigenvalue weighted by Gasteiger charge is -2.24. The van der Waals surface area contributed by atoms with Gasteiger partial charge >= 0.3 is 0 Å². The lowest BCUT2D eigenvalue weighted by molar-refractivity contribution is 0.0932. The first-order valence-electron chi connectivity index (χ1n) is 4.85. The highest BCUT2D eigenvalue weighted by Crippen LogP contribution is 2.24. The second kappa shape index (κ2) is 5.01. The molecule has 17 heavy (non-hydrogen) atoms. The summed E-state index contributed by atoms with van der Waals surface area (Å²) in [6.07, 6.45) is 0. The van der Waals surface area contributed by atoms with E-state index in [2.05, 4.69) is 21.2 Å². The molecular weight excluding hydrogens is 304 g/mol. The molecule has 0 aliphatic heterocycles. The Morgan fingerprint density at radius 2 is 2.12 bits per heavy atom. The van der Waals surface area contributed by atoms with Crippen LogP contribution in [0.15, 0.2) is 22.7 Å². The Balaban J connectivity index is 2.91. The summed E-state index contributed by atoms with van der Waals surface area (Å²) < 4.78 is 0.530. The summed E-state index contributed by atoms with van der Waals surface area (Å²) in [7, 11) is 0. The first-order valence-corrected chi connectivity index (χ1v) is 6.05. The molecule has 0 aromatic heterocycles. The number of phenols is 1. The molecular formula is C11H13BrN2O2S. The number of halogens is 1. The minimum atomic E-state index is -0.769. The van der Waals surface area contributed by atoms with E-state index in [1.165, 1.54) is 6.07 Å². The number of benzene rings is 1. The van der Waals surface area contributed by atoms with E-state index < -0.39 is 5.54 Å². The van der Waals surface area contributed by atoms with Crippen molar-refractivity contribution in [2.75, 3.05) is 0 Å². The molecule has 0 atom stereocenters. The monoisotopic (exact) mass is 316 g/mol. The molecule has 4 N–H and O–H groups in total. The number of hydrogen-bond donors (Lipinski definition) is 3. The number of nitrogens with one attached hydrogen (secondary N) is 1. The molecule has 0 heterocycles. The summed E-state index contributed by atoms with van der Waals surface area (Å²) >= 11 is 7.99. The number of carbonyl (C=O) groups excluding carboxylic acids is 1. The molecule has 0 unspecified atom stereocenters. The molecule has 1 aromatic rings. The van der Waals surface area contributed by atoms with Crippen molar-refractivity contribution in [3.05, 3.63) is 28.2 Å². The molecule has 0 aliphatic carbocycles. The van der Waals surface area contributed by atoms with Gasteiger partial charge in [-0.3, -0.25) is 4.79 Å². The quantitative estimate of drug-likeness (QED) is 0.745. The molecule has 4 nitrogen and oxygen atoms in total. The van der Waals surface area contributed by atoms with Crippen LogP contribution >= 0.6 is 28.1 Å². The van der Waals surface area contributed by atoms with E-state index >= 15 is 0 Å². The molecule has 0 saturated carbocycles. The van der Waals surface area contributed by atoms with E-state index in [1.54, 1.807) is 26.0 Å². The molecule has 92 valence electrons. The predicted octanol–water partition coefficient (Wildman–Crippen LogP) is 1.95. The van der Waals surface area contributed by atoms with Crippen molar-refractivity contribution in [1.29, 1.82) is 0 Å². The third-order valence-corrected chi connectivity index (χ3v) is 3.43. The summed E-state index contributed by atoms with van der Waals surface area (Å²) in [4.78, 5) is 12.1. The molecule has 0 aliphatic rings. The van der Waals surface area contributed by atoms with Gasteiger partial charge in [0, 0.05) is 5.56 Å². The molecule has 0 fully saturated rings. The Morgan fingerprint density at radius 3 is 2.59 bits per heavy atom. The highest BCUT2D eigenvalue weighted by atomic mass is 79.9. The third kappa shape index (κ3) is 3.41. The van der Waals surface area contributed by atoms with Gasteiger partial charge in [0.05, 0.1) is 15.0 Å². The minimum Gasteiger partial charge on any atom is -0.507 e. The zero-order valence-electron chi connectivity index (χ0n) is 9.45. The van der Waals surface area contributed by atoms with Gasteiger partial charge in [-0.05, 0) is 48.0 Å². The Kier molecular flexibility index (Phi) is 4.11. The largest absolute Gasteiger partial charge is 0.507 e. The van der Waals surface area contributed by atoms with Gasteiger partial charge in [-0.2, -0.15) is 0 Å². The van der Waals surface area contributed by atoms with E-state index in [4.69, 9.17) is 18.0 Å². The van der Waals surface area contributed by atoms with Crippen molar-refractivity contribution in [2.24, 2.45) is 5.73 Å². The van der Waals surface area contributed by atoms with Crippen LogP contribution in [0.25, 0.3) is 0 Å². The van der Waals surface area contributed by atoms with Crippen molar-refractivity contribution in [3.8, 4) is 5.75 Å². The molecule has 1 rings (SSSR count). The van der Waals surface area contributed by atoms with Crippen LogP contribution < -0.4 is 11.1 Å². The fraction of sp³-hybridized carbons (Fsp3) is 0.273. The number of amides is 1. The van der Waals surface area contributed by atoms with Crippen LogP contribution in [0.2, 0.25) is 0 Å². The van der Waals surface area contributed by atoms with E-state index in [9.17, 15) is 9.90 Å². The van der Waals surface area contributed by atoms with Gasteiger partial charge < -0.3 is 16.2 Å². The fourth-order valence-corrected chi connectivity index (χ4v) is 1.37. The standard InChI is InChI=1S/C11H13BrN2O2S/c1-11(2,10(13)17)14-9(16)6-3-4-7(12)8(15)5-6/h3-5,15H,1-2H3,(H2,13,17)(H,14,16). The maximum Gasteiger partial charge on any atom is 0.252 e. The molecule has 1 amide bonds. The van der Waals surface area contributed by atoms with E-state index in [0.717, 1.165) is 0 Å². The molecule has 0 saturated heterocycles. The van der Waals surface area contributed by atoms with Gasteiger partial charge in [0.1, 0.15) is 5.75 Å². The number of carbonyl (C=O) groups is 1. The Bertz CT molecular complexity index is 475. The van der Waals surface area contributed by atoms with Gasteiger partial charge in [-0.15, -0.1) is 0 Å². The van der Waals surface area contributed by atoms with Crippen molar-refractivity contribution in [2.45, 2.75) is 19.4 Å². The summed E-state index contributed by atoms with van der Waals surface area (Å²) in [6, 6.07) is 4.56. The average molecular weight is 317 g/mol. The number of hydrogen-bond acceptors (Lipinski definition) is 3. The normalized spacial score (nSPS) is 11.0. The van der Waals surface area contributed by atoms with Gasteiger partial charge in [-0.1, -0.05) is 12.2 Å². The molecule has 0 bridgehead atoms. The third-order valence-electron chi connectivity index (χ3n) is 2.25. The summed E-state index contributed by atoms with van der Waals surface area (Å²) in [5.74, 6) is -0.337. The molecule has 1 aromatic carbocycles. The number of phenolic OH excluding ortho intramolecular Hbond substituents is 1. The lowest BCUT2D eigenvalue weighted by Crippen LogP contribution is -2.52. The topological polar surface area (TPSA) is 75.3 Å². The SMILES string of the molecule is CC(C)(NC(=O)c1ccc(Br)c(O)c1)C(N)=S.